The molecule has 1 aliphatic rings. The zero-order chi connectivity index (χ0) is 19.8. The van der Waals surface area contributed by atoms with Crippen LogP contribution in [0.3, 0.4) is 0 Å². The highest BCUT2D eigenvalue weighted by atomic mass is 35.5. The number of amides is 1. The van der Waals surface area contributed by atoms with Crippen LogP contribution in [0.4, 0.5) is 20.2 Å². The van der Waals surface area contributed by atoms with Gasteiger partial charge in [0, 0.05) is 11.5 Å². The van der Waals surface area contributed by atoms with E-state index in [0.717, 1.165) is 12.1 Å². The smallest absolute Gasteiger partial charge is 0.255 e. The lowest BCUT2D eigenvalue weighted by Crippen LogP contribution is -2.21. The summed E-state index contributed by atoms with van der Waals surface area (Å²) in [5.74, 6) is -3.97. The first-order valence-corrected chi connectivity index (χ1v) is 10.2. The van der Waals surface area contributed by atoms with Gasteiger partial charge >= 0.3 is 0 Å². The van der Waals surface area contributed by atoms with Crippen LogP contribution in [-0.2, 0) is 10.0 Å². The van der Waals surface area contributed by atoms with Crippen LogP contribution in [0.25, 0.3) is 0 Å². The van der Waals surface area contributed by atoms with Crippen LogP contribution in [-0.4, -0.2) is 24.4 Å². The molecule has 2 N–H and O–H groups in total. The Balaban J connectivity index is 1.80. The van der Waals surface area contributed by atoms with Crippen molar-refractivity contribution < 1.29 is 22.0 Å². The molecule has 10 heteroatoms. The summed E-state index contributed by atoms with van der Waals surface area (Å²) >= 11 is 11.6. The van der Waals surface area contributed by atoms with E-state index < -0.39 is 49.3 Å². The second-order valence-corrected chi connectivity index (χ2v) is 9.46. The summed E-state index contributed by atoms with van der Waals surface area (Å²) in [4.78, 5) is 12.1. The van der Waals surface area contributed by atoms with Crippen LogP contribution in [0.2, 0.25) is 0 Å². The number of sulfonamides is 1. The van der Waals surface area contributed by atoms with Gasteiger partial charge < -0.3 is 5.32 Å². The third-order valence-corrected chi connectivity index (χ3v) is 6.29. The third-order valence-electron chi connectivity index (χ3n) is 4.01. The largest absolute Gasteiger partial charge is 0.319 e. The van der Waals surface area contributed by atoms with Crippen LogP contribution in [0.5, 0.6) is 0 Å². The molecule has 5 nitrogen and oxygen atoms in total. The molecule has 1 atom stereocenters. The Hall–Kier alpha value is -1.90. The number of anilines is 2. The monoisotopic (exact) mass is 434 g/mol. The summed E-state index contributed by atoms with van der Waals surface area (Å²) in [7, 11) is -4.10. The van der Waals surface area contributed by atoms with Crippen molar-refractivity contribution in [3.8, 4) is 0 Å². The first kappa shape index (κ1) is 19.9. The van der Waals surface area contributed by atoms with Gasteiger partial charge in [-0.25, -0.2) is 17.2 Å². The van der Waals surface area contributed by atoms with Crippen molar-refractivity contribution in [3.05, 3.63) is 59.7 Å². The fourth-order valence-electron chi connectivity index (χ4n) is 2.44. The molecule has 1 unspecified atom stereocenters. The Labute approximate surface area is 164 Å². The second kappa shape index (κ2) is 7.26. The van der Waals surface area contributed by atoms with Gasteiger partial charge in [-0.3, -0.25) is 9.52 Å². The molecule has 1 aliphatic carbocycles. The van der Waals surface area contributed by atoms with Crippen molar-refractivity contribution in [1.29, 1.82) is 0 Å². The molecule has 0 heterocycles. The summed E-state index contributed by atoms with van der Waals surface area (Å²) in [6.07, 6.45) is 0.273. The summed E-state index contributed by atoms with van der Waals surface area (Å²) in [5, 5.41) is 2.29. The minimum absolute atomic E-state index is 0.262. The number of nitrogens with one attached hydrogen (secondary N) is 2. The SMILES string of the molecule is O=C(Nc1ccc(F)c(NS(=O)(=O)CC2CC2(Cl)Cl)c1F)c1ccccc1. The van der Waals surface area contributed by atoms with Crippen LogP contribution in [0.1, 0.15) is 16.8 Å². The van der Waals surface area contributed by atoms with E-state index in [9.17, 15) is 22.0 Å². The normalized spacial score (nSPS) is 18.0. The summed E-state index contributed by atoms with van der Waals surface area (Å²) < 4.78 is 53.6. The Morgan fingerprint density at radius 2 is 1.78 bits per heavy atom. The van der Waals surface area contributed by atoms with Crippen molar-refractivity contribution >= 4 is 50.5 Å². The van der Waals surface area contributed by atoms with Crippen LogP contribution in [0.15, 0.2) is 42.5 Å². The van der Waals surface area contributed by atoms with Crippen molar-refractivity contribution in [3.63, 3.8) is 0 Å². The molecule has 0 saturated heterocycles. The van der Waals surface area contributed by atoms with E-state index in [2.05, 4.69) is 5.32 Å². The average molecular weight is 435 g/mol. The molecule has 0 aromatic heterocycles. The number of hydrogen-bond acceptors (Lipinski definition) is 3. The van der Waals surface area contributed by atoms with E-state index in [4.69, 9.17) is 23.2 Å². The minimum atomic E-state index is -4.10. The standard InChI is InChI=1S/C17H14Cl2F2N2O3S/c18-17(19)8-11(17)9-27(25,26)23-15-12(20)6-7-13(14(15)21)22-16(24)10-4-2-1-3-5-10/h1-7,11,23H,8-9H2,(H,22,24). The number of alkyl halides is 2. The molecule has 0 aliphatic heterocycles. The van der Waals surface area contributed by atoms with E-state index in [1.165, 1.54) is 12.1 Å². The van der Waals surface area contributed by atoms with Crippen molar-refractivity contribution in [2.75, 3.05) is 15.8 Å². The lowest BCUT2D eigenvalue weighted by molar-refractivity contribution is 0.102. The van der Waals surface area contributed by atoms with Crippen LogP contribution in [0, 0.1) is 17.6 Å². The first-order chi connectivity index (χ1) is 12.6. The molecule has 2 aromatic rings. The number of benzene rings is 2. The quantitative estimate of drug-likeness (QED) is 0.670. The maximum atomic E-state index is 14.6. The van der Waals surface area contributed by atoms with Gasteiger partial charge in [0.25, 0.3) is 5.91 Å². The molecule has 2 aromatic carbocycles. The molecular weight excluding hydrogens is 421 g/mol. The van der Waals surface area contributed by atoms with Crippen molar-refractivity contribution in [1.82, 2.24) is 0 Å². The van der Waals surface area contributed by atoms with Crippen molar-refractivity contribution in [2.24, 2.45) is 5.92 Å². The predicted molar refractivity (Wildman–Crippen MR) is 101 cm³/mol. The molecule has 1 fully saturated rings. The van der Waals surface area contributed by atoms with Gasteiger partial charge in [0.15, 0.2) is 5.82 Å². The molecule has 3 rings (SSSR count). The lowest BCUT2D eigenvalue weighted by Gasteiger charge is -2.13. The van der Waals surface area contributed by atoms with E-state index >= 15 is 0 Å². The van der Waals surface area contributed by atoms with E-state index in [1.54, 1.807) is 18.2 Å². The van der Waals surface area contributed by atoms with E-state index in [0.29, 0.717) is 0 Å². The van der Waals surface area contributed by atoms with Gasteiger partial charge in [0.05, 0.1) is 11.4 Å². The molecule has 0 spiro atoms. The van der Waals surface area contributed by atoms with Crippen molar-refractivity contribution in [2.45, 2.75) is 10.8 Å². The highest BCUT2D eigenvalue weighted by Crippen LogP contribution is 2.53. The third kappa shape index (κ3) is 4.69. The number of halogens is 4. The van der Waals surface area contributed by atoms with Gasteiger partial charge in [0.1, 0.15) is 15.8 Å². The minimum Gasteiger partial charge on any atom is -0.319 e. The predicted octanol–water partition coefficient (Wildman–Crippen LogP) is 4.15. The fraction of sp³-hybridized carbons (Fsp3) is 0.235. The van der Waals surface area contributed by atoms with Gasteiger partial charge in [0.2, 0.25) is 10.0 Å². The summed E-state index contributed by atoms with van der Waals surface area (Å²) in [5.41, 5.74) is -0.979. The van der Waals surface area contributed by atoms with E-state index in [1.807, 2.05) is 4.72 Å². The topological polar surface area (TPSA) is 75.3 Å². The van der Waals surface area contributed by atoms with Gasteiger partial charge in [-0.1, -0.05) is 18.2 Å². The summed E-state index contributed by atoms with van der Waals surface area (Å²) in [6.45, 7) is 0. The van der Waals surface area contributed by atoms with E-state index in [-0.39, 0.29) is 17.7 Å². The van der Waals surface area contributed by atoms with Gasteiger partial charge in [-0.2, -0.15) is 0 Å². The number of hydrogen-bond donors (Lipinski definition) is 2. The Morgan fingerprint density at radius 1 is 1.15 bits per heavy atom. The lowest BCUT2D eigenvalue weighted by atomic mass is 10.2. The Bertz CT molecular complexity index is 985. The molecule has 0 bridgehead atoms. The first-order valence-electron chi connectivity index (χ1n) is 7.82. The maximum absolute atomic E-state index is 14.6. The Kier molecular flexibility index (Phi) is 5.33. The van der Waals surface area contributed by atoms with Gasteiger partial charge in [-0.15, -0.1) is 23.2 Å². The van der Waals surface area contributed by atoms with Gasteiger partial charge in [-0.05, 0) is 30.7 Å². The number of carbonyl (C=O) groups is 1. The summed E-state index contributed by atoms with van der Waals surface area (Å²) in [6, 6.07) is 9.85. The highest BCUT2D eigenvalue weighted by Gasteiger charge is 2.53. The van der Waals surface area contributed by atoms with Crippen LogP contribution < -0.4 is 10.0 Å². The molecular formula is C17H14Cl2F2N2O3S. The molecule has 144 valence electrons. The molecule has 1 saturated carbocycles. The maximum Gasteiger partial charge on any atom is 0.255 e. The molecule has 1 amide bonds. The Morgan fingerprint density at radius 3 is 2.37 bits per heavy atom. The molecule has 0 radical (unpaired) electrons. The van der Waals surface area contributed by atoms with Crippen LogP contribution >= 0.6 is 23.2 Å². The zero-order valence-corrected chi connectivity index (χ0v) is 16.0. The zero-order valence-electron chi connectivity index (χ0n) is 13.7. The number of rotatable bonds is 6. The average Bonchev–Trinajstić information content (AvgIpc) is 3.19. The second-order valence-electron chi connectivity index (χ2n) is 6.15. The fourth-order valence-corrected chi connectivity index (χ4v) is 4.66. The highest BCUT2D eigenvalue weighted by molar-refractivity contribution is 7.92. The molecule has 27 heavy (non-hydrogen) atoms. The number of carbonyl (C=O) groups excluding carboxylic acids is 1.